The number of allylic oxidation sites excluding steroid dienone is 4. The molecule has 2 N–H and O–H groups in total. The molecule has 0 amide bonds. The first kappa shape index (κ1) is 19.8. The van der Waals surface area contributed by atoms with Gasteiger partial charge in [-0.25, -0.2) is 0 Å². The van der Waals surface area contributed by atoms with Gasteiger partial charge in [0, 0.05) is 11.8 Å². The maximum absolute atomic E-state index is 5.48. The van der Waals surface area contributed by atoms with Crippen LogP contribution in [0.1, 0.15) is 5.56 Å². The summed E-state index contributed by atoms with van der Waals surface area (Å²) in [5, 5.41) is 0. The lowest BCUT2D eigenvalue weighted by atomic mass is 9.38. The van der Waals surface area contributed by atoms with E-state index in [0.29, 0.717) is 0 Å². The standard InChI is InChI=1S/C29H23BN2/c1-21(10-6-8-16-31)22-18-23(29-15-7-9-17-32-29)20-24(19-22)30-27-13-4-2-11-25(27)26-12-3-5-14-28(26)30/h2-20H,1,31H2/b10-6-,16-8-. The minimum atomic E-state index is 0.172. The molecule has 2 heterocycles. The highest BCUT2D eigenvalue weighted by molar-refractivity contribution is 6.99. The van der Waals surface area contributed by atoms with E-state index in [9.17, 15) is 0 Å². The molecule has 0 aliphatic carbocycles. The molecule has 32 heavy (non-hydrogen) atoms. The zero-order chi connectivity index (χ0) is 21.9. The third-order valence-electron chi connectivity index (χ3n) is 5.97. The Hall–Kier alpha value is -4.11. The van der Waals surface area contributed by atoms with Gasteiger partial charge in [0.25, 0.3) is 0 Å². The van der Waals surface area contributed by atoms with Crippen LogP contribution in [-0.2, 0) is 0 Å². The molecule has 0 saturated heterocycles. The molecule has 3 heteroatoms. The molecule has 2 nitrogen and oxygen atoms in total. The molecule has 0 unspecified atom stereocenters. The summed E-state index contributed by atoms with van der Waals surface area (Å²) in [6, 6.07) is 30.1. The van der Waals surface area contributed by atoms with E-state index in [4.69, 9.17) is 5.73 Å². The molecule has 1 aliphatic rings. The molecule has 4 aromatic rings. The summed E-state index contributed by atoms with van der Waals surface area (Å²) in [4.78, 5) is 4.61. The van der Waals surface area contributed by atoms with E-state index in [1.807, 2.05) is 30.5 Å². The predicted octanol–water partition coefficient (Wildman–Crippen LogP) is 4.29. The molecular formula is C29H23BN2. The fourth-order valence-electron chi connectivity index (χ4n) is 4.53. The second-order valence-electron chi connectivity index (χ2n) is 7.94. The number of benzene rings is 3. The normalized spacial score (nSPS) is 12.3. The van der Waals surface area contributed by atoms with Crippen molar-refractivity contribution in [2.45, 2.75) is 0 Å². The Morgan fingerprint density at radius 3 is 2.16 bits per heavy atom. The highest BCUT2D eigenvalue weighted by atomic mass is 14.7. The fourth-order valence-corrected chi connectivity index (χ4v) is 4.53. The maximum atomic E-state index is 5.48. The Morgan fingerprint density at radius 1 is 0.812 bits per heavy atom. The van der Waals surface area contributed by atoms with Crippen molar-refractivity contribution in [3.63, 3.8) is 0 Å². The number of rotatable bonds is 5. The SMILES string of the molecule is C=C(/C=C\C=C/N)c1cc(B2c3ccccc3-c3ccccc32)cc(-c2ccccn2)c1. The quantitative estimate of drug-likeness (QED) is 0.347. The van der Waals surface area contributed by atoms with E-state index >= 15 is 0 Å². The number of hydrogen-bond acceptors (Lipinski definition) is 2. The second kappa shape index (κ2) is 8.56. The number of pyridine rings is 1. The van der Waals surface area contributed by atoms with Crippen molar-refractivity contribution < 1.29 is 0 Å². The van der Waals surface area contributed by atoms with E-state index in [2.05, 4.69) is 84.4 Å². The first-order valence-corrected chi connectivity index (χ1v) is 10.7. The zero-order valence-electron chi connectivity index (χ0n) is 17.8. The minimum Gasteiger partial charge on any atom is -0.405 e. The van der Waals surface area contributed by atoms with Crippen LogP contribution in [0.15, 0.2) is 122 Å². The Kier molecular flexibility index (Phi) is 5.31. The van der Waals surface area contributed by atoms with Gasteiger partial charge < -0.3 is 5.73 Å². The topological polar surface area (TPSA) is 38.9 Å². The number of aromatic nitrogens is 1. The van der Waals surface area contributed by atoms with Crippen molar-refractivity contribution in [2.75, 3.05) is 0 Å². The van der Waals surface area contributed by atoms with Crippen molar-refractivity contribution in [1.82, 2.24) is 4.98 Å². The predicted molar refractivity (Wildman–Crippen MR) is 138 cm³/mol. The fraction of sp³-hybridized carbons (Fsp3) is 0. The summed E-state index contributed by atoms with van der Waals surface area (Å²) in [7, 11) is 0. The molecule has 0 bridgehead atoms. The molecule has 1 aromatic heterocycles. The first-order chi connectivity index (χ1) is 15.8. The van der Waals surface area contributed by atoms with Gasteiger partial charge >= 0.3 is 0 Å². The molecule has 1 aliphatic heterocycles. The molecule has 0 atom stereocenters. The van der Waals surface area contributed by atoms with Gasteiger partial charge in [-0.1, -0.05) is 102 Å². The van der Waals surface area contributed by atoms with Crippen LogP contribution in [0.5, 0.6) is 0 Å². The minimum absolute atomic E-state index is 0.172. The summed E-state index contributed by atoms with van der Waals surface area (Å²) in [5.74, 6) is 0. The molecule has 152 valence electrons. The van der Waals surface area contributed by atoms with E-state index in [0.717, 1.165) is 22.4 Å². The highest BCUT2D eigenvalue weighted by Crippen LogP contribution is 2.26. The molecular weight excluding hydrogens is 387 g/mol. The van der Waals surface area contributed by atoms with Crippen molar-refractivity contribution in [2.24, 2.45) is 5.73 Å². The average Bonchev–Trinajstić information content (AvgIpc) is 3.19. The van der Waals surface area contributed by atoms with Gasteiger partial charge in [-0.15, -0.1) is 0 Å². The Morgan fingerprint density at radius 2 is 1.50 bits per heavy atom. The van der Waals surface area contributed by atoms with Gasteiger partial charge in [-0.2, -0.15) is 0 Å². The number of hydrogen-bond donors (Lipinski definition) is 1. The monoisotopic (exact) mass is 410 g/mol. The van der Waals surface area contributed by atoms with Crippen LogP contribution in [0.2, 0.25) is 0 Å². The van der Waals surface area contributed by atoms with Crippen LogP contribution in [0.4, 0.5) is 0 Å². The Labute approximate surface area is 189 Å². The first-order valence-electron chi connectivity index (χ1n) is 10.7. The molecule has 0 spiro atoms. The summed E-state index contributed by atoms with van der Waals surface area (Å²) < 4.78 is 0. The van der Waals surface area contributed by atoms with Gasteiger partial charge in [0.2, 0.25) is 6.71 Å². The molecule has 3 aromatic carbocycles. The number of nitrogens with zero attached hydrogens (tertiary/aromatic N) is 1. The average molecular weight is 410 g/mol. The second-order valence-corrected chi connectivity index (χ2v) is 7.94. The smallest absolute Gasteiger partial charge is 0.242 e. The Bertz CT molecular complexity index is 1310. The van der Waals surface area contributed by atoms with E-state index in [-0.39, 0.29) is 6.71 Å². The van der Waals surface area contributed by atoms with Crippen molar-refractivity contribution in [1.29, 1.82) is 0 Å². The van der Waals surface area contributed by atoms with Gasteiger partial charge in [0.05, 0.1) is 5.69 Å². The van der Waals surface area contributed by atoms with Gasteiger partial charge in [-0.3, -0.25) is 4.98 Å². The lowest BCUT2D eigenvalue weighted by molar-refractivity contribution is 1.33. The summed E-state index contributed by atoms with van der Waals surface area (Å²) in [5.41, 5.74) is 16.1. The van der Waals surface area contributed by atoms with Crippen LogP contribution >= 0.6 is 0 Å². The molecule has 5 rings (SSSR count). The van der Waals surface area contributed by atoms with Crippen LogP contribution < -0.4 is 22.1 Å². The molecule has 0 saturated carbocycles. The van der Waals surface area contributed by atoms with Gasteiger partial charge in [-0.05, 0) is 52.7 Å². The number of nitrogens with two attached hydrogens (primary N) is 1. The molecule has 0 radical (unpaired) electrons. The van der Waals surface area contributed by atoms with E-state index in [1.54, 1.807) is 6.08 Å². The number of fused-ring (bicyclic) bond motifs is 3. The Balaban J connectivity index is 1.70. The maximum Gasteiger partial charge on any atom is 0.242 e. The van der Waals surface area contributed by atoms with Gasteiger partial charge in [0.1, 0.15) is 0 Å². The third-order valence-corrected chi connectivity index (χ3v) is 5.97. The summed E-state index contributed by atoms with van der Waals surface area (Å²) in [6.07, 6.45) is 9.06. The largest absolute Gasteiger partial charge is 0.405 e. The van der Waals surface area contributed by atoms with Crippen LogP contribution in [-0.4, -0.2) is 11.7 Å². The van der Waals surface area contributed by atoms with Crippen LogP contribution in [0.3, 0.4) is 0 Å². The zero-order valence-corrected chi connectivity index (χ0v) is 17.8. The summed E-state index contributed by atoms with van der Waals surface area (Å²) >= 11 is 0. The summed E-state index contributed by atoms with van der Waals surface area (Å²) in [6.45, 7) is 4.48. The van der Waals surface area contributed by atoms with Crippen molar-refractivity contribution >= 4 is 28.7 Å². The van der Waals surface area contributed by atoms with Crippen molar-refractivity contribution in [3.05, 3.63) is 128 Å². The third kappa shape index (κ3) is 3.59. The van der Waals surface area contributed by atoms with Crippen LogP contribution in [0.25, 0.3) is 28.0 Å². The van der Waals surface area contributed by atoms with E-state index in [1.165, 1.54) is 33.7 Å². The lowest BCUT2D eigenvalue weighted by Gasteiger charge is -2.15. The van der Waals surface area contributed by atoms with Gasteiger partial charge in [0.15, 0.2) is 0 Å². The van der Waals surface area contributed by atoms with Crippen molar-refractivity contribution in [3.8, 4) is 22.4 Å². The highest BCUT2D eigenvalue weighted by Gasteiger charge is 2.33. The molecule has 0 fully saturated rings. The lowest BCUT2D eigenvalue weighted by Crippen LogP contribution is -2.49. The van der Waals surface area contributed by atoms with E-state index < -0.39 is 0 Å². The van der Waals surface area contributed by atoms with Crippen LogP contribution in [0, 0.1) is 0 Å².